The van der Waals surface area contributed by atoms with Crippen molar-refractivity contribution in [3.63, 3.8) is 0 Å². The van der Waals surface area contributed by atoms with Gasteiger partial charge in [-0.15, -0.1) is 0 Å². The molecule has 0 bridgehead atoms. The molecule has 0 aliphatic heterocycles. The molecule has 3 nitrogen and oxygen atoms in total. The number of rotatable bonds is 6. The van der Waals surface area contributed by atoms with Crippen LogP contribution in [0.15, 0.2) is 23.1 Å². The van der Waals surface area contributed by atoms with Crippen LogP contribution < -0.4 is 10.3 Å². The molecule has 1 aromatic rings. The molecule has 0 N–H and O–H groups in total. The Labute approximate surface area is 97.1 Å². The first kappa shape index (κ1) is 12.8. The predicted octanol–water partition coefficient (Wildman–Crippen LogP) is 2.68. The van der Waals surface area contributed by atoms with Gasteiger partial charge in [-0.05, 0) is 30.9 Å². The Morgan fingerprint density at radius 3 is 2.81 bits per heavy atom. The van der Waals surface area contributed by atoms with Gasteiger partial charge in [-0.1, -0.05) is 20.8 Å². The molecule has 0 unspecified atom stereocenters. The molecule has 0 aliphatic rings. The van der Waals surface area contributed by atoms with E-state index in [2.05, 4.69) is 13.8 Å². The Bertz CT molecular complexity index is 368. The SMILES string of the molecule is CCCOc1cccn(CCC(C)C)c1=O. The molecule has 16 heavy (non-hydrogen) atoms. The van der Waals surface area contributed by atoms with Crippen molar-refractivity contribution in [1.82, 2.24) is 4.57 Å². The lowest BCUT2D eigenvalue weighted by molar-refractivity contribution is 0.309. The van der Waals surface area contributed by atoms with Crippen LogP contribution in [0.4, 0.5) is 0 Å². The monoisotopic (exact) mass is 223 g/mol. The quantitative estimate of drug-likeness (QED) is 0.742. The van der Waals surface area contributed by atoms with Crippen LogP contribution in [0, 0.1) is 5.92 Å². The number of ether oxygens (including phenoxy) is 1. The highest BCUT2D eigenvalue weighted by molar-refractivity contribution is 5.17. The van der Waals surface area contributed by atoms with Crippen LogP contribution in [0.3, 0.4) is 0 Å². The van der Waals surface area contributed by atoms with E-state index in [1.54, 1.807) is 10.6 Å². The van der Waals surface area contributed by atoms with Crippen molar-refractivity contribution >= 4 is 0 Å². The van der Waals surface area contributed by atoms with Crippen molar-refractivity contribution in [2.45, 2.75) is 40.2 Å². The summed E-state index contributed by atoms with van der Waals surface area (Å²) in [6, 6.07) is 3.61. The van der Waals surface area contributed by atoms with Gasteiger partial charge < -0.3 is 9.30 Å². The Hall–Kier alpha value is -1.25. The second kappa shape index (κ2) is 6.36. The van der Waals surface area contributed by atoms with E-state index in [1.165, 1.54) is 0 Å². The number of hydrogen-bond donors (Lipinski definition) is 0. The molecular formula is C13H21NO2. The number of aromatic nitrogens is 1. The zero-order chi connectivity index (χ0) is 12.0. The second-order valence-corrected chi connectivity index (χ2v) is 4.40. The normalized spacial score (nSPS) is 10.8. The highest BCUT2D eigenvalue weighted by atomic mass is 16.5. The van der Waals surface area contributed by atoms with Gasteiger partial charge in [0.25, 0.3) is 5.56 Å². The first-order chi connectivity index (χ1) is 7.65. The molecular weight excluding hydrogens is 202 g/mol. The molecule has 0 radical (unpaired) electrons. The molecule has 1 aromatic heterocycles. The van der Waals surface area contributed by atoms with Gasteiger partial charge in [0.15, 0.2) is 5.75 Å². The topological polar surface area (TPSA) is 31.2 Å². The van der Waals surface area contributed by atoms with Crippen LogP contribution in [-0.4, -0.2) is 11.2 Å². The number of aryl methyl sites for hydroxylation is 1. The average molecular weight is 223 g/mol. The first-order valence-corrected chi connectivity index (χ1v) is 5.97. The van der Waals surface area contributed by atoms with Crippen LogP contribution in [0.2, 0.25) is 0 Å². The molecule has 0 spiro atoms. The van der Waals surface area contributed by atoms with Crippen LogP contribution in [0.1, 0.15) is 33.6 Å². The van der Waals surface area contributed by atoms with E-state index < -0.39 is 0 Å². The fraction of sp³-hybridized carbons (Fsp3) is 0.615. The van der Waals surface area contributed by atoms with Gasteiger partial charge in [-0.25, -0.2) is 0 Å². The van der Waals surface area contributed by atoms with Crippen LogP contribution in [0.25, 0.3) is 0 Å². The van der Waals surface area contributed by atoms with Crippen molar-refractivity contribution < 1.29 is 4.74 Å². The van der Waals surface area contributed by atoms with Gasteiger partial charge in [0.2, 0.25) is 0 Å². The molecule has 0 aromatic carbocycles. The van der Waals surface area contributed by atoms with Gasteiger partial charge >= 0.3 is 0 Å². The van der Waals surface area contributed by atoms with Gasteiger partial charge in [-0.2, -0.15) is 0 Å². The standard InChI is InChI=1S/C13H21NO2/c1-4-10-16-12-6-5-8-14(13(12)15)9-7-11(2)3/h5-6,8,11H,4,7,9-10H2,1-3H3. The summed E-state index contributed by atoms with van der Waals surface area (Å²) in [5.74, 6) is 1.07. The molecule has 0 saturated carbocycles. The lowest BCUT2D eigenvalue weighted by Crippen LogP contribution is -2.22. The van der Waals surface area contributed by atoms with Crippen molar-refractivity contribution in [2.24, 2.45) is 5.92 Å². The summed E-state index contributed by atoms with van der Waals surface area (Å²) in [4.78, 5) is 11.9. The minimum absolute atomic E-state index is 0.0170. The molecule has 0 amide bonds. The minimum atomic E-state index is -0.0170. The molecule has 1 rings (SSSR count). The Morgan fingerprint density at radius 2 is 2.19 bits per heavy atom. The third-order valence-electron chi connectivity index (χ3n) is 2.39. The highest BCUT2D eigenvalue weighted by Gasteiger charge is 2.04. The summed E-state index contributed by atoms with van der Waals surface area (Å²) in [6.07, 6.45) is 3.75. The highest BCUT2D eigenvalue weighted by Crippen LogP contribution is 2.05. The lowest BCUT2D eigenvalue weighted by Gasteiger charge is -2.10. The largest absolute Gasteiger partial charge is 0.488 e. The van der Waals surface area contributed by atoms with E-state index in [0.717, 1.165) is 19.4 Å². The summed E-state index contributed by atoms with van der Waals surface area (Å²) in [5.41, 5.74) is -0.0170. The van der Waals surface area contributed by atoms with E-state index in [-0.39, 0.29) is 5.56 Å². The van der Waals surface area contributed by atoms with E-state index in [0.29, 0.717) is 18.3 Å². The average Bonchev–Trinajstić information content (AvgIpc) is 2.26. The van der Waals surface area contributed by atoms with Crippen LogP contribution in [0.5, 0.6) is 5.75 Å². The summed E-state index contributed by atoms with van der Waals surface area (Å²) in [7, 11) is 0. The Balaban J connectivity index is 2.74. The van der Waals surface area contributed by atoms with E-state index in [1.807, 2.05) is 19.2 Å². The van der Waals surface area contributed by atoms with Crippen LogP contribution >= 0.6 is 0 Å². The number of pyridine rings is 1. The Kier molecular flexibility index (Phi) is 5.09. The first-order valence-electron chi connectivity index (χ1n) is 5.97. The molecule has 0 aliphatic carbocycles. The van der Waals surface area contributed by atoms with E-state index >= 15 is 0 Å². The van der Waals surface area contributed by atoms with Crippen LogP contribution in [-0.2, 0) is 6.54 Å². The third kappa shape index (κ3) is 3.72. The van der Waals surface area contributed by atoms with E-state index in [4.69, 9.17) is 4.74 Å². The number of nitrogens with zero attached hydrogens (tertiary/aromatic N) is 1. The third-order valence-corrected chi connectivity index (χ3v) is 2.39. The summed E-state index contributed by atoms with van der Waals surface area (Å²) >= 11 is 0. The minimum Gasteiger partial charge on any atom is -0.488 e. The van der Waals surface area contributed by atoms with Gasteiger partial charge in [-0.3, -0.25) is 4.79 Å². The smallest absolute Gasteiger partial charge is 0.292 e. The van der Waals surface area contributed by atoms with Crippen molar-refractivity contribution in [3.05, 3.63) is 28.7 Å². The Morgan fingerprint density at radius 1 is 1.44 bits per heavy atom. The lowest BCUT2D eigenvalue weighted by atomic mass is 10.1. The van der Waals surface area contributed by atoms with Crippen molar-refractivity contribution in [1.29, 1.82) is 0 Å². The van der Waals surface area contributed by atoms with Gasteiger partial charge in [0.1, 0.15) is 0 Å². The fourth-order valence-corrected chi connectivity index (χ4v) is 1.41. The predicted molar refractivity (Wildman–Crippen MR) is 65.9 cm³/mol. The molecule has 0 atom stereocenters. The fourth-order valence-electron chi connectivity index (χ4n) is 1.41. The maximum absolute atomic E-state index is 11.9. The second-order valence-electron chi connectivity index (χ2n) is 4.40. The summed E-state index contributed by atoms with van der Waals surface area (Å²) < 4.78 is 7.13. The zero-order valence-corrected chi connectivity index (χ0v) is 10.4. The molecule has 3 heteroatoms. The summed E-state index contributed by atoms with van der Waals surface area (Å²) in [5, 5.41) is 0. The number of hydrogen-bond acceptors (Lipinski definition) is 2. The molecule has 90 valence electrons. The molecule has 0 fully saturated rings. The van der Waals surface area contributed by atoms with E-state index in [9.17, 15) is 4.79 Å². The van der Waals surface area contributed by atoms with Crippen molar-refractivity contribution in [2.75, 3.05) is 6.61 Å². The zero-order valence-electron chi connectivity index (χ0n) is 10.4. The van der Waals surface area contributed by atoms with Gasteiger partial charge in [0.05, 0.1) is 6.61 Å². The maximum Gasteiger partial charge on any atom is 0.292 e. The van der Waals surface area contributed by atoms with Gasteiger partial charge in [0, 0.05) is 12.7 Å². The van der Waals surface area contributed by atoms with Crippen molar-refractivity contribution in [3.8, 4) is 5.75 Å². The maximum atomic E-state index is 11.9. The summed E-state index contributed by atoms with van der Waals surface area (Å²) in [6.45, 7) is 7.70. The molecule has 0 saturated heterocycles. The molecule has 1 heterocycles.